The molecular formula is C17H19F2NO3. The van der Waals surface area contributed by atoms with Gasteiger partial charge in [-0.2, -0.15) is 0 Å². The lowest BCUT2D eigenvalue weighted by Gasteiger charge is -2.41. The smallest absolute Gasteiger partial charge is 0.336 e. The van der Waals surface area contributed by atoms with Crippen LogP contribution < -0.4 is 5.63 Å². The lowest BCUT2D eigenvalue weighted by Crippen LogP contribution is -2.51. The van der Waals surface area contributed by atoms with E-state index >= 15 is 0 Å². The molecule has 1 saturated heterocycles. The van der Waals surface area contributed by atoms with Gasteiger partial charge in [-0.3, -0.25) is 4.90 Å². The summed E-state index contributed by atoms with van der Waals surface area (Å²) in [6.45, 7) is 4.06. The van der Waals surface area contributed by atoms with Crippen molar-refractivity contribution < 1.29 is 18.3 Å². The fourth-order valence-corrected chi connectivity index (χ4v) is 3.30. The number of phenols is 1. The molecule has 23 heavy (non-hydrogen) atoms. The Bertz CT molecular complexity index is 773. The van der Waals surface area contributed by atoms with Crippen molar-refractivity contribution in [3.63, 3.8) is 0 Å². The Balaban J connectivity index is 1.92. The topological polar surface area (TPSA) is 53.7 Å². The van der Waals surface area contributed by atoms with Crippen LogP contribution in [0.3, 0.4) is 0 Å². The van der Waals surface area contributed by atoms with Crippen molar-refractivity contribution in [2.75, 3.05) is 13.1 Å². The maximum absolute atomic E-state index is 13.9. The molecule has 0 saturated carbocycles. The van der Waals surface area contributed by atoms with Crippen molar-refractivity contribution in [2.24, 2.45) is 11.8 Å². The van der Waals surface area contributed by atoms with Gasteiger partial charge < -0.3 is 9.52 Å². The molecule has 3 rings (SSSR count). The van der Waals surface area contributed by atoms with Crippen LogP contribution in [-0.4, -0.2) is 29.0 Å². The Hall–Kier alpha value is -1.95. The van der Waals surface area contributed by atoms with E-state index in [2.05, 4.69) is 0 Å². The second-order valence-electron chi connectivity index (χ2n) is 6.44. The summed E-state index contributed by atoms with van der Waals surface area (Å²) >= 11 is 0. The fourth-order valence-electron chi connectivity index (χ4n) is 3.30. The van der Waals surface area contributed by atoms with E-state index in [0.29, 0.717) is 17.5 Å². The van der Waals surface area contributed by atoms with Crippen LogP contribution >= 0.6 is 0 Å². The van der Waals surface area contributed by atoms with Gasteiger partial charge in [-0.05, 0) is 17.7 Å². The largest absolute Gasteiger partial charge is 0.508 e. The molecule has 6 heteroatoms. The number of aromatic hydroxyl groups is 1. The van der Waals surface area contributed by atoms with Gasteiger partial charge in [-0.15, -0.1) is 0 Å². The third-order valence-corrected chi connectivity index (χ3v) is 4.59. The van der Waals surface area contributed by atoms with Crippen molar-refractivity contribution in [1.82, 2.24) is 4.90 Å². The molecule has 1 aliphatic rings. The van der Waals surface area contributed by atoms with Gasteiger partial charge in [0.25, 0.3) is 5.92 Å². The van der Waals surface area contributed by atoms with E-state index in [9.17, 15) is 18.7 Å². The second kappa shape index (κ2) is 5.60. The van der Waals surface area contributed by atoms with Crippen LogP contribution in [0.4, 0.5) is 8.78 Å². The number of hydrogen-bond acceptors (Lipinski definition) is 4. The number of halogens is 2. The lowest BCUT2D eigenvalue weighted by atomic mass is 9.87. The SMILES string of the molecule is CC1CN(Cc2cc(=O)oc3cc(O)ccc23)CC(C)C1(F)F. The first-order valence-corrected chi connectivity index (χ1v) is 7.63. The van der Waals surface area contributed by atoms with Crippen molar-refractivity contribution in [3.8, 4) is 5.75 Å². The summed E-state index contributed by atoms with van der Waals surface area (Å²) in [7, 11) is 0. The molecule has 2 heterocycles. The van der Waals surface area contributed by atoms with E-state index in [1.807, 2.05) is 4.90 Å². The Morgan fingerprint density at radius 1 is 1.26 bits per heavy atom. The zero-order valence-corrected chi connectivity index (χ0v) is 13.1. The molecule has 2 aromatic rings. The summed E-state index contributed by atoms with van der Waals surface area (Å²) in [6, 6.07) is 5.97. The molecule has 1 aromatic heterocycles. The standard InChI is InChI=1S/C17H19F2NO3/c1-10-7-20(8-11(2)17(10,18)19)9-12-5-16(22)23-15-6-13(21)3-4-14(12)15/h3-6,10-11,21H,7-9H2,1-2H3. The first-order chi connectivity index (χ1) is 10.8. The number of phenolic OH excluding ortho intramolecular Hbond substituents is 1. The monoisotopic (exact) mass is 323 g/mol. The molecule has 0 spiro atoms. The molecule has 124 valence electrons. The summed E-state index contributed by atoms with van der Waals surface area (Å²) in [5.41, 5.74) is 0.512. The van der Waals surface area contributed by atoms with Gasteiger partial charge in [0.2, 0.25) is 0 Å². The van der Waals surface area contributed by atoms with Crippen molar-refractivity contribution >= 4 is 11.0 Å². The Morgan fingerprint density at radius 3 is 2.57 bits per heavy atom. The van der Waals surface area contributed by atoms with Crippen LogP contribution in [0.1, 0.15) is 19.4 Å². The predicted octanol–water partition coefficient (Wildman–Crippen LogP) is 3.22. The molecule has 0 aliphatic carbocycles. The number of fused-ring (bicyclic) bond motifs is 1. The third kappa shape index (κ3) is 2.95. The van der Waals surface area contributed by atoms with Crippen LogP contribution in [-0.2, 0) is 6.54 Å². The molecule has 1 N–H and O–H groups in total. The minimum absolute atomic E-state index is 0.0117. The highest BCUT2D eigenvalue weighted by Crippen LogP contribution is 2.38. The van der Waals surface area contributed by atoms with Crippen molar-refractivity contribution in [2.45, 2.75) is 26.3 Å². The predicted molar refractivity (Wildman–Crippen MR) is 82.7 cm³/mol. The quantitative estimate of drug-likeness (QED) is 0.862. The van der Waals surface area contributed by atoms with Crippen molar-refractivity contribution in [3.05, 3.63) is 40.2 Å². The minimum atomic E-state index is -2.67. The summed E-state index contributed by atoms with van der Waals surface area (Å²) in [6.07, 6.45) is 0. The highest BCUT2D eigenvalue weighted by atomic mass is 19.3. The normalized spacial score (nSPS) is 24.9. The number of hydrogen-bond donors (Lipinski definition) is 1. The summed E-state index contributed by atoms with van der Waals surface area (Å²) in [5.74, 6) is -4.12. The Kier molecular flexibility index (Phi) is 3.88. The van der Waals surface area contributed by atoms with Gasteiger partial charge in [0.15, 0.2) is 0 Å². The molecule has 0 amide bonds. The van der Waals surface area contributed by atoms with Gasteiger partial charge in [0, 0.05) is 49.0 Å². The van der Waals surface area contributed by atoms with Crippen LogP contribution in [0.2, 0.25) is 0 Å². The van der Waals surface area contributed by atoms with E-state index in [0.717, 1.165) is 5.56 Å². The number of rotatable bonds is 2. The molecule has 1 aromatic carbocycles. The number of alkyl halides is 2. The molecular weight excluding hydrogens is 304 g/mol. The second-order valence-corrected chi connectivity index (χ2v) is 6.44. The van der Waals surface area contributed by atoms with E-state index in [-0.39, 0.29) is 18.8 Å². The van der Waals surface area contributed by atoms with E-state index in [1.165, 1.54) is 18.2 Å². The molecule has 2 atom stereocenters. The Labute approximate surface area is 132 Å². The first-order valence-electron chi connectivity index (χ1n) is 7.63. The number of piperidine rings is 1. The van der Waals surface area contributed by atoms with Gasteiger partial charge in [0.05, 0.1) is 0 Å². The zero-order valence-electron chi connectivity index (χ0n) is 13.1. The van der Waals surface area contributed by atoms with Gasteiger partial charge in [-0.1, -0.05) is 13.8 Å². The van der Waals surface area contributed by atoms with Crippen LogP contribution in [0.25, 0.3) is 11.0 Å². The van der Waals surface area contributed by atoms with Crippen LogP contribution in [0.15, 0.2) is 33.5 Å². The highest BCUT2D eigenvalue weighted by molar-refractivity contribution is 5.81. The molecule has 0 bridgehead atoms. The highest BCUT2D eigenvalue weighted by Gasteiger charge is 2.46. The van der Waals surface area contributed by atoms with Crippen LogP contribution in [0.5, 0.6) is 5.75 Å². The van der Waals surface area contributed by atoms with E-state index < -0.39 is 23.4 Å². The third-order valence-electron chi connectivity index (χ3n) is 4.59. The number of benzene rings is 1. The maximum Gasteiger partial charge on any atom is 0.336 e. The molecule has 2 unspecified atom stereocenters. The summed E-state index contributed by atoms with van der Waals surface area (Å²) < 4.78 is 33.0. The van der Waals surface area contributed by atoms with Gasteiger partial charge >= 0.3 is 5.63 Å². The maximum atomic E-state index is 13.9. The molecule has 1 fully saturated rings. The molecule has 4 nitrogen and oxygen atoms in total. The Morgan fingerprint density at radius 2 is 1.91 bits per heavy atom. The lowest BCUT2D eigenvalue weighted by molar-refractivity contribution is -0.140. The fraction of sp³-hybridized carbons (Fsp3) is 0.471. The molecule has 0 radical (unpaired) electrons. The minimum Gasteiger partial charge on any atom is -0.508 e. The van der Waals surface area contributed by atoms with Gasteiger partial charge in [-0.25, -0.2) is 13.6 Å². The van der Waals surface area contributed by atoms with Crippen LogP contribution in [0, 0.1) is 11.8 Å². The zero-order chi connectivity index (χ0) is 16.8. The summed E-state index contributed by atoms with van der Waals surface area (Å²) in [5, 5.41) is 10.2. The average Bonchev–Trinajstić information content (AvgIpc) is 2.44. The molecule has 1 aliphatic heterocycles. The van der Waals surface area contributed by atoms with E-state index in [4.69, 9.17) is 4.42 Å². The number of likely N-dealkylation sites (tertiary alicyclic amines) is 1. The van der Waals surface area contributed by atoms with E-state index in [1.54, 1.807) is 19.9 Å². The number of nitrogens with zero attached hydrogens (tertiary/aromatic N) is 1. The van der Waals surface area contributed by atoms with Crippen molar-refractivity contribution in [1.29, 1.82) is 0 Å². The first kappa shape index (κ1) is 15.9. The summed E-state index contributed by atoms with van der Waals surface area (Å²) in [4.78, 5) is 13.6. The average molecular weight is 323 g/mol. The van der Waals surface area contributed by atoms with Gasteiger partial charge in [0.1, 0.15) is 11.3 Å².